The number of ether oxygens (including phenoxy) is 2. The summed E-state index contributed by atoms with van der Waals surface area (Å²) in [6.45, 7) is 8.39. The van der Waals surface area contributed by atoms with Gasteiger partial charge in [0.1, 0.15) is 11.7 Å². The van der Waals surface area contributed by atoms with Crippen LogP contribution in [0.25, 0.3) is 0 Å². The normalized spacial score (nSPS) is 50.5. The molecule has 0 radical (unpaired) electrons. The van der Waals surface area contributed by atoms with Gasteiger partial charge >= 0.3 is 0 Å². The maximum atomic E-state index is 12.0. The fraction of sp³-hybridized carbons (Fsp3) is 0.760. The zero-order valence-electron chi connectivity index (χ0n) is 18.6. The lowest BCUT2D eigenvalue weighted by molar-refractivity contribution is -0.288. The Morgan fingerprint density at radius 3 is 2.67 bits per heavy atom. The third-order valence-corrected chi connectivity index (χ3v) is 10.9. The Kier molecular flexibility index (Phi) is 2.79. The van der Waals surface area contributed by atoms with Crippen molar-refractivity contribution in [2.75, 3.05) is 7.11 Å². The first-order valence-electron chi connectivity index (χ1n) is 11.6. The molecule has 30 heavy (non-hydrogen) atoms. The molecule has 2 heterocycles. The molecule has 4 saturated carbocycles. The molecule has 5 heteroatoms. The topological polar surface area (TPSA) is 80.9 Å². The van der Waals surface area contributed by atoms with Crippen molar-refractivity contribution >= 4 is 0 Å². The molecular weight excluding hydrogens is 378 g/mol. The quantitative estimate of drug-likeness (QED) is 0.652. The molecule has 7 aliphatic rings. The van der Waals surface area contributed by atoms with Crippen LogP contribution in [0.4, 0.5) is 0 Å². The number of rotatable bonds is 2. The highest BCUT2D eigenvalue weighted by atomic mass is 16.6. The average molecular weight is 412 g/mol. The Morgan fingerprint density at radius 1 is 1.20 bits per heavy atom. The average Bonchev–Trinajstić information content (AvgIpc) is 3.16. The van der Waals surface area contributed by atoms with Gasteiger partial charge in [0, 0.05) is 41.0 Å². The number of hydrogen-bond acceptors (Lipinski definition) is 5. The van der Waals surface area contributed by atoms with Crippen molar-refractivity contribution in [3.8, 4) is 11.5 Å². The van der Waals surface area contributed by atoms with E-state index in [1.54, 1.807) is 13.2 Å². The highest BCUT2D eigenvalue weighted by Gasteiger charge is 2.90. The van der Waals surface area contributed by atoms with Crippen molar-refractivity contribution in [3.63, 3.8) is 0 Å². The standard InChI is InChI=1S/C25H33NO4/c1-20(2,3)21(4,28)15-11-22-8-9-25(15,29-5)19-24(22)12-23(18(22)26-23)10-13-6-7-14(27)17(30-19)16(13)24/h6-7,15,18-19,26-28H,8-12H2,1-5H3/t15?,18?,19?,21?,22?,23-,24+,25?/m1/s1. The Hall–Kier alpha value is -1.30. The number of methoxy groups -OCH3 is 1. The van der Waals surface area contributed by atoms with Gasteiger partial charge < -0.3 is 25.0 Å². The molecule has 1 saturated heterocycles. The molecule has 4 bridgehead atoms. The summed E-state index contributed by atoms with van der Waals surface area (Å²) in [4.78, 5) is 0. The maximum absolute atomic E-state index is 12.0. The number of aromatic hydroxyl groups is 1. The highest BCUT2D eigenvalue weighted by Crippen LogP contribution is 2.83. The van der Waals surface area contributed by atoms with Crippen molar-refractivity contribution in [1.29, 1.82) is 0 Å². The summed E-state index contributed by atoms with van der Waals surface area (Å²) in [7, 11) is 1.81. The lowest BCUT2D eigenvalue weighted by Gasteiger charge is -2.69. The second kappa shape index (κ2) is 4.57. The summed E-state index contributed by atoms with van der Waals surface area (Å²) >= 11 is 0. The molecule has 3 spiro atoms. The Morgan fingerprint density at radius 2 is 1.97 bits per heavy atom. The molecule has 2 aliphatic heterocycles. The van der Waals surface area contributed by atoms with Crippen LogP contribution in [-0.2, 0) is 16.6 Å². The second-order valence-corrected chi connectivity index (χ2v) is 12.5. The Bertz CT molecular complexity index is 1010. The van der Waals surface area contributed by atoms with Crippen LogP contribution in [0.1, 0.15) is 64.5 Å². The number of fused-ring (bicyclic) bond motifs is 2. The minimum atomic E-state index is -0.903. The maximum Gasteiger partial charge on any atom is 0.165 e. The van der Waals surface area contributed by atoms with Gasteiger partial charge in [-0.2, -0.15) is 0 Å². The molecule has 1 aromatic carbocycles. The molecule has 0 aromatic heterocycles. The van der Waals surface area contributed by atoms with Crippen LogP contribution in [0.15, 0.2) is 12.1 Å². The monoisotopic (exact) mass is 411 g/mol. The zero-order chi connectivity index (χ0) is 21.1. The largest absolute Gasteiger partial charge is 0.504 e. The van der Waals surface area contributed by atoms with Crippen LogP contribution >= 0.6 is 0 Å². The summed E-state index contributed by atoms with van der Waals surface area (Å²) < 4.78 is 13.2. The zero-order valence-corrected chi connectivity index (χ0v) is 18.6. The molecule has 3 N–H and O–H groups in total. The minimum absolute atomic E-state index is 0.0296. The molecule has 8 atom stereocenters. The van der Waals surface area contributed by atoms with E-state index in [0.29, 0.717) is 11.8 Å². The van der Waals surface area contributed by atoms with Crippen molar-refractivity contribution < 1.29 is 19.7 Å². The number of piperidine rings is 1. The highest BCUT2D eigenvalue weighted by molar-refractivity contribution is 5.67. The first-order chi connectivity index (χ1) is 14.0. The number of aliphatic hydroxyl groups is 1. The fourth-order valence-electron chi connectivity index (χ4n) is 9.24. The molecule has 162 valence electrons. The third kappa shape index (κ3) is 1.49. The molecule has 0 amide bonds. The number of phenolic OH excluding ortho intramolecular Hbond substituents is 1. The van der Waals surface area contributed by atoms with Gasteiger partial charge in [-0.05, 0) is 56.1 Å². The van der Waals surface area contributed by atoms with Gasteiger partial charge in [0.15, 0.2) is 11.5 Å². The van der Waals surface area contributed by atoms with E-state index in [1.165, 1.54) is 11.1 Å². The molecule has 5 nitrogen and oxygen atoms in total. The van der Waals surface area contributed by atoms with Gasteiger partial charge in [-0.15, -0.1) is 0 Å². The van der Waals surface area contributed by atoms with Gasteiger partial charge in [-0.1, -0.05) is 26.8 Å². The lowest BCUT2D eigenvalue weighted by Crippen LogP contribution is -2.78. The summed E-state index contributed by atoms with van der Waals surface area (Å²) in [5, 5.41) is 26.7. The molecular formula is C25H33NO4. The van der Waals surface area contributed by atoms with Gasteiger partial charge in [-0.25, -0.2) is 0 Å². The van der Waals surface area contributed by atoms with E-state index >= 15 is 0 Å². The number of nitrogens with one attached hydrogen (secondary N) is 1. The van der Waals surface area contributed by atoms with Crippen molar-refractivity contribution in [2.24, 2.45) is 16.7 Å². The SMILES string of the molecule is COC12CCC3(CC1C(C)(O)C(C)(C)C)C1N[C@@]14Cc1ccc(O)c5c1[C@@]3(C4)C2O5. The summed E-state index contributed by atoms with van der Waals surface area (Å²) in [6, 6.07) is 4.38. The number of phenols is 1. The predicted octanol–water partition coefficient (Wildman–Crippen LogP) is 3.04. The predicted molar refractivity (Wildman–Crippen MR) is 112 cm³/mol. The Balaban J connectivity index is 1.52. The van der Waals surface area contributed by atoms with E-state index in [9.17, 15) is 10.2 Å². The van der Waals surface area contributed by atoms with E-state index in [2.05, 4.69) is 32.2 Å². The van der Waals surface area contributed by atoms with Gasteiger partial charge in [0.2, 0.25) is 0 Å². The van der Waals surface area contributed by atoms with E-state index in [1.807, 2.05) is 6.92 Å². The van der Waals surface area contributed by atoms with E-state index < -0.39 is 11.2 Å². The van der Waals surface area contributed by atoms with Gasteiger partial charge in [0.25, 0.3) is 0 Å². The number of hydrogen-bond donors (Lipinski definition) is 3. The van der Waals surface area contributed by atoms with Crippen molar-refractivity contribution in [3.05, 3.63) is 23.3 Å². The van der Waals surface area contributed by atoms with Gasteiger partial charge in [-0.3, -0.25) is 0 Å². The lowest BCUT2D eigenvalue weighted by atomic mass is 9.38. The van der Waals surface area contributed by atoms with Crippen LogP contribution in [0, 0.1) is 16.7 Å². The third-order valence-electron chi connectivity index (χ3n) is 10.9. The van der Waals surface area contributed by atoms with Crippen LogP contribution in [-0.4, -0.2) is 46.2 Å². The van der Waals surface area contributed by atoms with Crippen LogP contribution in [0.5, 0.6) is 11.5 Å². The molecule has 5 fully saturated rings. The molecule has 1 aromatic rings. The van der Waals surface area contributed by atoms with E-state index in [4.69, 9.17) is 9.47 Å². The first kappa shape index (κ1) is 18.3. The first-order valence-corrected chi connectivity index (χ1v) is 11.6. The summed E-state index contributed by atoms with van der Waals surface area (Å²) in [5.74, 6) is 0.914. The van der Waals surface area contributed by atoms with Crippen molar-refractivity contribution in [2.45, 2.75) is 94.1 Å². The number of benzene rings is 1. The van der Waals surface area contributed by atoms with Crippen molar-refractivity contribution in [1.82, 2.24) is 5.32 Å². The van der Waals surface area contributed by atoms with E-state index in [0.717, 1.165) is 32.1 Å². The van der Waals surface area contributed by atoms with E-state index in [-0.39, 0.29) is 39.6 Å². The van der Waals surface area contributed by atoms with Crippen LogP contribution < -0.4 is 10.1 Å². The Labute approximate surface area is 178 Å². The molecule has 5 aliphatic carbocycles. The minimum Gasteiger partial charge on any atom is -0.504 e. The van der Waals surface area contributed by atoms with Gasteiger partial charge in [0.05, 0.1) is 5.60 Å². The summed E-state index contributed by atoms with van der Waals surface area (Å²) in [5.41, 5.74) is 0.927. The fourth-order valence-corrected chi connectivity index (χ4v) is 9.24. The summed E-state index contributed by atoms with van der Waals surface area (Å²) in [6.07, 6.45) is 4.84. The smallest absolute Gasteiger partial charge is 0.165 e. The second-order valence-electron chi connectivity index (χ2n) is 12.5. The van der Waals surface area contributed by atoms with Crippen LogP contribution in [0.2, 0.25) is 0 Å². The molecule has 8 rings (SSSR count). The van der Waals surface area contributed by atoms with Crippen LogP contribution in [0.3, 0.4) is 0 Å². The molecule has 6 unspecified atom stereocenters.